The van der Waals surface area contributed by atoms with E-state index in [1.54, 1.807) is 19.1 Å². The number of nitrogens with one attached hydrogen (secondary N) is 1. The van der Waals surface area contributed by atoms with Crippen LogP contribution in [0.2, 0.25) is 5.28 Å². The van der Waals surface area contributed by atoms with Gasteiger partial charge in [0.15, 0.2) is 0 Å². The molecule has 3 aromatic rings. The highest BCUT2D eigenvalue weighted by atomic mass is 79.9. The van der Waals surface area contributed by atoms with Crippen molar-refractivity contribution in [3.63, 3.8) is 0 Å². The molecule has 2 aromatic carbocycles. The van der Waals surface area contributed by atoms with Gasteiger partial charge < -0.3 is 5.32 Å². The predicted molar refractivity (Wildman–Crippen MR) is 100 cm³/mol. The molecule has 1 N–H and O–H groups in total. The number of halogens is 5. The Balaban J connectivity index is 2.03. The van der Waals surface area contributed by atoms with E-state index >= 15 is 0 Å². The molecule has 0 saturated heterocycles. The third kappa shape index (κ3) is 3.78. The summed E-state index contributed by atoms with van der Waals surface area (Å²) < 4.78 is 40.3. The minimum atomic E-state index is -4.39. The quantitative estimate of drug-likeness (QED) is 0.466. The molecule has 0 aliphatic rings. The first-order valence-corrected chi connectivity index (χ1v) is 8.90. The minimum Gasteiger partial charge on any atom is -0.363 e. The van der Waals surface area contributed by atoms with E-state index in [1.807, 2.05) is 12.1 Å². The van der Waals surface area contributed by atoms with E-state index in [2.05, 4.69) is 31.2 Å². The van der Waals surface area contributed by atoms with E-state index < -0.39 is 17.8 Å². The average molecular weight is 445 g/mol. The maximum Gasteiger partial charge on any atom is 0.416 e. The first-order chi connectivity index (χ1) is 12.2. The number of nitrogens with zero attached hydrogens (tertiary/aromatic N) is 2. The second kappa shape index (κ2) is 7.04. The smallest absolute Gasteiger partial charge is 0.363 e. The van der Waals surface area contributed by atoms with Crippen LogP contribution in [0.4, 0.5) is 19.0 Å². The van der Waals surface area contributed by atoms with Crippen LogP contribution >= 0.6 is 27.5 Å². The molecule has 3 nitrogen and oxygen atoms in total. The highest BCUT2D eigenvalue weighted by Crippen LogP contribution is 2.35. The van der Waals surface area contributed by atoms with Gasteiger partial charge in [-0.2, -0.15) is 13.2 Å². The van der Waals surface area contributed by atoms with E-state index in [-0.39, 0.29) is 10.8 Å². The lowest BCUT2D eigenvalue weighted by molar-refractivity contribution is -0.138. The molecular weight excluding hydrogens is 431 g/mol. The van der Waals surface area contributed by atoms with Gasteiger partial charge in [-0.25, -0.2) is 9.97 Å². The summed E-state index contributed by atoms with van der Waals surface area (Å²) in [4.78, 5) is 8.38. The molecule has 3 rings (SSSR count). The fraction of sp³-hybridized carbons (Fsp3) is 0.222. The Morgan fingerprint density at radius 2 is 1.88 bits per heavy atom. The van der Waals surface area contributed by atoms with Crippen molar-refractivity contribution in [2.45, 2.75) is 26.1 Å². The van der Waals surface area contributed by atoms with Gasteiger partial charge >= 0.3 is 6.18 Å². The molecule has 0 aliphatic heterocycles. The fourth-order valence-electron chi connectivity index (χ4n) is 2.89. The van der Waals surface area contributed by atoms with Gasteiger partial charge in [0.05, 0.1) is 17.1 Å². The number of rotatable bonds is 3. The summed E-state index contributed by atoms with van der Waals surface area (Å²) in [5.41, 5.74) is 0.726. The SMILES string of the molecule is Cc1c(C(C)Nc2nc(Cl)nc3ccc(Br)cc23)cccc1C(F)(F)F. The predicted octanol–water partition coefficient (Wildman–Crippen LogP) is 6.55. The summed E-state index contributed by atoms with van der Waals surface area (Å²) >= 11 is 9.38. The normalized spacial score (nSPS) is 13.0. The highest BCUT2D eigenvalue weighted by Gasteiger charge is 2.33. The molecule has 26 heavy (non-hydrogen) atoms. The number of fused-ring (bicyclic) bond motifs is 1. The van der Waals surface area contributed by atoms with Gasteiger partial charge in [-0.05, 0) is 60.8 Å². The third-order valence-electron chi connectivity index (χ3n) is 4.13. The van der Waals surface area contributed by atoms with Crippen molar-refractivity contribution in [1.29, 1.82) is 0 Å². The van der Waals surface area contributed by atoms with Crippen molar-refractivity contribution in [1.82, 2.24) is 9.97 Å². The maximum absolute atomic E-state index is 13.2. The molecule has 0 fully saturated rings. The summed E-state index contributed by atoms with van der Waals surface area (Å²) in [6.45, 7) is 3.25. The molecule has 0 aliphatic carbocycles. The molecule has 1 aromatic heterocycles. The number of hydrogen-bond donors (Lipinski definition) is 1. The monoisotopic (exact) mass is 443 g/mol. The third-order valence-corrected chi connectivity index (χ3v) is 4.79. The van der Waals surface area contributed by atoms with Gasteiger partial charge in [0.2, 0.25) is 5.28 Å². The molecule has 1 atom stereocenters. The zero-order valence-electron chi connectivity index (χ0n) is 13.8. The summed E-state index contributed by atoms with van der Waals surface area (Å²) in [6.07, 6.45) is -4.39. The van der Waals surface area contributed by atoms with Gasteiger partial charge in [-0.1, -0.05) is 28.1 Å². The number of anilines is 1. The van der Waals surface area contributed by atoms with E-state index in [1.165, 1.54) is 13.0 Å². The molecule has 136 valence electrons. The Morgan fingerprint density at radius 3 is 2.58 bits per heavy atom. The largest absolute Gasteiger partial charge is 0.416 e. The number of alkyl halides is 3. The molecule has 0 saturated carbocycles. The molecule has 0 amide bonds. The van der Waals surface area contributed by atoms with Crippen LogP contribution in [0.5, 0.6) is 0 Å². The first kappa shape index (κ1) is 18.9. The van der Waals surface area contributed by atoms with Gasteiger partial charge in [0, 0.05) is 9.86 Å². The van der Waals surface area contributed by atoms with Crippen molar-refractivity contribution in [2.75, 3.05) is 5.32 Å². The van der Waals surface area contributed by atoms with E-state index in [0.717, 1.165) is 15.9 Å². The summed E-state index contributed by atoms with van der Waals surface area (Å²) in [5.74, 6) is 0.464. The lowest BCUT2D eigenvalue weighted by atomic mass is 9.97. The molecular formula is C18H14BrClF3N3. The van der Waals surface area contributed by atoms with Gasteiger partial charge in [0.1, 0.15) is 5.82 Å². The van der Waals surface area contributed by atoms with Crippen LogP contribution in [0.1, 0.15) is 29.7 Å². The molecule has 8 heteroatoms. The van der Waals surface area contributed by atoms with Crippen molar-refractivity contribution in [3.8, 4) is 0 Å². The summed E-state index contributed by atoms with van der Waals surface area (Å²) in [5, 5.41) is 3.95. The van der Waals surface area contributed by atoms with Crippen molar-refractivity contribution in [2.24, 2.45) is 0 Å². The Morgan fingerprint density at radius 1 is 1.15 bits per heavy atom. The van der Waals surface area contributed by atoms with Crippen LogP contribution in [-0.4, -0.2) is 9.97 Å². The number of aromatic nitrogens is 2. The average Bonchev–Trinajstić information content (AvgIpc) is 2.54. The van der Waals surface area contributed by atoms with Crippen LogP contribution in [0, 0.1) is 6.92 Å². The number of benzene rings is 2. The Kier molecular flexibility index (Phi) is 5.12. The zero-order valence-corrected chi connectivity index (χ0v) is 16.2. The topological polar surface area (TPSA) is 37.8 Å². The lowest BCUT2D eigenvalue weighted by Crippen LogP contribution is -2.14. The van der Waals surface area contributed by atoms with E-state index in [9.17, 15) is 13.2 Å². The molecule has 1 heterocycles. The van der Waals surface area contributed by atoms with Crippen LogP contribution in [0.3, 0.4) is 0 Å². The van der Waals surface area contributed by atoms with Gasteiger partial charge in [-0.3, -0.25) is 0 Å². The van der Waals surface area contributed by atoms with E-state index in [4.69, 9.17) is 11.6 Å². The second-order valence-corrected chi connectivity index (χ2v) is 7.14. The van der Waals surface area contributed by atoms with Gasteiger partial charge in [-0.15, -0.1) is 0 Å². The number of hydrogen-bond acceptors (Lipinski definition) is 3. The van der Waals surface area contributed by atoms with Crippen LogP contribution in [0.15, 0.2) is 40.9 Å². The van der Waals surface area contributed by atoms with Crippen LogP contribution < -0.4 is 5.32 Å². The lowest BCUT2D eigenvalue weighted by Gasteiger charge is -2.21. The van der Waals surface area contributed by atoms with E-state index in [0.29, 0.717) is 16.9 Å². The maximum atomic E-state index is 13.2. The Hall–Kier alpha value is -1.86. The Bertz CT molecular complexity index is 976. The van der Waals surface area contributed by atoms with Crippen LogP contribution in [0.25, 0.3) is 10.9 Å². The minimum absolute atomic E-state index is 0.0651. The van der Waals surface area contributed by atoms with Crippen molar-refractivity contribution < 1.29 is 13.2 Å². The molecule has 1 unspecified atom stereocenters. The van der Waals surface area contributed by atoms with Crippen molar-refractivity contribution in [3.05, 3.63) is 62.8 Å². The van der Waals surface area contributed by atoms with Crippen molar-refractivity contribution >= 4 is 44.3 Å². The molecule has 0 spiro atoms. The van der Waals surface area contributed by atoms with Gasteiger partial charge in [0.25, 0.3) is 0 Å². The van der Waals surface area contributed by atoms with Crippen LogP contribution in [-0.2, 0) is 6.18 Å². The molecule has 0 bridgehead atoms. The zero-order chi connectivity index (χ0) is 19.1. The summed E-state index contributed by atoms with van der Waals surface area (Å²) in [6, 6.07) is 9.20. The Labute approximate surface area is 161 Å². The molecule has 0 radical (unpaired) electrons. The highest BCUT2D eigenvalue weighted by molar-refractivity contribution is 9.10. The second-order valence-electron chi connectivity index (χ2n) is 5.89. The standard InChI is InChI=1S/C18H14BrClF3N3/c1-9-12(4-3-5-14(9)18(21,22)23)10(2)24-16-13-8-11(19)6-7-15(13)25-17(20)26-16/h3-8,10H,1-2H3,(H,24,25,26). The summed E-state index contributed by atoms with van der Waals surface area (Å²) in [7, 11) is 0. The first-order valence-electron chi connectivity index (χ1n) is 7.73. The fourth-order valence-corrected chi connectivity index (χ4v) is 3.43.